The van der Waals surface area contributed by atoms with Crippen molar-refractivity contribution in [2.24, 2.45) is 0 Å². The van der Waals surface area contributed by atoms with E-state index in [1.807, 2.05) is 0 Å². The summed E-state index contributed by atoms with van der Waals surface area (Å²) in [5, 5.41) is 0. The number of hydrogen-bond donors (Lipinski definition) is 0. The van der Waals surface area contributed by atoms with Gasteiger partial charge in [-0.25, -0.2) is 0 Å². The molecule has 0 unspecified atom stereocenters. The van der Waals surface area contributed by atoms with Crippen molar-refractivity contribution in [1.82, 2.24) is 0 Å². The van der Waals surface area contributed by atoms with Gasteiger partial charge in [0.1, 0.15) is 0 Å². The van der Waals surface area contributed by atoms with Gasteiger partial charge in [-0.15, -0.1) is 0 Å². The Hall–Kier alpha value is -0.180. The standard InChI is InChI=1S/C3H2ClF3.CH4/c4-2-1-3(5,6)7;/h1-2H;1H4. The predicted octanol–water partition coefficient (Wildman–Crippen LogP) is 2.94. The van der Waals surface area contributed by atoms with Gasteiger partial charge < -0.3 is 0 Å². The summed E-state index contributed by atoms with van der Waals surface area (Å²) in [5.74, 6) is 0. The Labute approximate surface area is 51.0 Å². The van der Waals surface area contributed by atoms with Gasteiger partial charge >= 0.3 is 6.18 Å². The minimum Gasteiger partial charge on any atom is -0.167 e. The largest absolute Gasteiger partial charge is 0.410 e. The first-order chi connectivity index (χ1) is 3.06. The summed E-state index contributed by atoms with van der Waals surface area (Å²) in [4.78, 5) is 0. The molecular weight excluding hydrogens is 140 g/mol. The summed E-state index contributed by atoms with van der Waals surface area (Å²) in [6.45, 7) is 0. The minimum absolute atomic E-state index is 0. The van der Waals surface area contributed by atoms with E-state index in [0.717, 1.165) is 0 Å². The van der Waals surface area contributed by atoms with E-state index in [1.54, 1.807) is 0 Å². The predicted molar refractivity (Wildman–Crippen MR) is 27.8 cm³/mol. The van der Waals surface area contributed by atoms with Crippen LogP contribution in [0.4, 0.5) is 13.2 Å². The van der Waals surface area contributed by atoms with Crippen LogP contribution in [0, 0.1) is 0 Å². The first kappa shape index (κ1) is 10.7. The quantitative estimate of drug-likeness (QED) is 0.493. The van der Waals surface area contributed by atoms with Crippen molar-refractivity contribution in [2.75, 3.05) is 0 Å². The molecule has 0 bridgehead atoms. The lowest BCUT2D eigenvalue weighted by Crippen LogP contribution is -1.99. The van der Waals surface area contributed by atoms with Gasteiger partial charge in [0.2, 0.25) is 0 Å². The Kier molecular flexibility index (Phi) is 5.07. The lowest BCUT2D eigenvalue weighted by molar-refractivity contribution is -0.0796. The van der Waals surface area contributed by atoms with Gasteiger partial charge in [-0.05, 0) is 0 Å². The third-order valence-corrected chi connectivity index (χ3v) is 0.378. The molecule has 0 aromatic rings. The van der Waals surface area contributed by atoms with E-state index in [-0.39, 0.29) is 13.5 Å². The molecule has 0 saturated heterocycles. The summed E-state index contributed by atoms with van der Waals surface area (Å²) in [7, 11) is 0. The molecule has 0 aliphatic heterocycles. The fraction of sp³-hybridized carbons (Fsp3) is 0.500. The Morgan fingerprint density at radius 2 is 1.62 bits per heavy atom. The molecule has 4 heteroatoms. The van der Waals surface area contributed by atoms with E-state index in [1.165, 1.54) is 0 Å². The molecular formula is C4H6ClF3. The molecule has 0 atom stereocenters. The van der Waals surface area contributed by atoms with E-state index in [4.69, 9.17) is 0 Å². The highest BCUT2D eigenvalue weighted by molar-refractivity contribution is 6.25. The molecule has 0 heterocycles. The Bertz CT molecular complexity index is 73.8. The zero-order valence-corrected chi connectivity index (χ0v) is 3.92. The maximum absolute atomic E-state index is 10.9. The summed E-state index contributed by atoms with van der Waals surface area (Å²) in [6, 6.07) is 0. The molecule has 0 aromatic heterocycles. The summed E-state index contributed by atoms with van der Waals surface area (Å²) in [6.07, 6.45) is -4.31. The van der Waals surface area contributed by atoms with Crippen molar-refractivity contribution in [1.29, 1.82) is 0 Å². The zero-order valence-electron chi connectivity index (χ0n) is 3.17. The van der Waals surface area contributed by atoms with Gasteiger partial charge in [-0.2, -0.15) is 13.2 Å². The first-order valence-corrected chi connectivity index (χ1v) is 1.84. The smallest absolute Gasteiger partial charge is 0.167 e. The zero-order chi connectivity index (χ0) is 5.91. The van der Waals surface area contributed by atoms with Crippen molar-refractivity contribution in [3.05, 3.63) is 11.6 Å². The van der Waals surface area contributed by atoms with Gasteiger partial charge in [0.05, 0.1) is 0 Å². The lowest BCUT2D eigenvalue weighted by atomic mass is 10.6. The van der Waals surface area contributed by atoms with Crippen LogP contribution in [0.5, 0.6) is 0 Å². The monoisotopic (exact) mass is 146 g/mol. The highest BCUT2D eigenvalue weighted by atomic mass is 35.5. The first-order valence-electron chi connectivity index (χ1n) is 1.41. The number of alkyl halides is 3. The SMILES string of the molecule is C.FC(F)(F)C=CCl. The molecule has 0 aliphatic rings. The van der Waals surface area contributed by atoms with Gasteiger partial charge in [-0.1, -0.05) is 19.0 Å². The van der Waals surface area contributed by atoms with Gasteiger partial charge in [0.25, 0.3) is 0 Å². The maximum atomic E-state index is 10.9. The van der Waals surface area contributed by atoms with E-state index in [0.29, 0.717) is 5.54 Å². The Morgan fingerprint density at radius 1 is 1.25 bits per heavy atom. The van der Waals surface area contributed by atoms with Crippen molar-refractivity contribution in [2.45, 2.75) is 13.6 Å². The second-order valence-electron chi connectivity index (χ2n) is 0.834. The van der Waals surface area contributed by atoms with E-state index < -0.39 is 6.18 Å². The maximum Gasteiger partial charge on any atom is 0.410 e. The van der Waals surface area contributed by atoms with Crippen LogP contribution in [0.25, 0.3) is 0 Å². The molecule has 0 spiro atoms. The fourth-order valence-corrected chi connectivity index (χ4v) is 0.214. The average molecular weight is 147 g/mol. The highest BCUT2D eigenvalue weighted by Crippen LogP contribution is 2.15. The van der Waals surface area contributed by atoms with Gasteiger partial charge in [0.15, 0.2) is 0 Å². The normalized spacial score (nSPS) is 11.5. The van der Waals surface area contributed by atoms with Gasteiger partial charge in [0, 0.05) is 11.6 Å². The topological polar surface area (TPSA) is 0 Å². The second kappa shape index (κ2) is 3.78. The van der Waals surface area contributed by atoms with Crippen molar-refractivity contribution in [3.63, 3.8) is 0 Å². The third-order valence-electron chi connectivity index (χ3n) is 0.252. The molecule has 0 saturated carbocycles. The molecule has 0 nitrogen and oxygen atoms in total. The average Bonchev–Trinajstić information content (AvgIpc) is 1.30. The number of allylic oxidation sites excluding steroid dienone is 1. The van der Waals surface area contributed by atoms with E-state index in [2.05, 4.69) is 11.6 Å². The molecule has 0 aliphatic carbocycles. The van der Waals surface area contributed by atoms with Crippen LogP contribution in [0.1, 0.15) is 7.43 Å². The van der Waals surface area contributed by atoms with Crippen LogP contribution in [-0.2, 0) is 0 Å². The Balaban J connectivity index is 0. The summed E-state index contributed by atoms with van der Waals surface area (Å²) < 4.78 is 32.7. The number of hydrogen-bond acceptors (Lipinski definition) is 0. The van der Waals surface area contributed by atoms with Crippen LogP contribution < -0.4 is 0 Å². The molecule has 0 amide bonds. The number of halogens is 4. The van der Waals surface area contributed by atoms with Crippen LogP contribution in [0.2, 0.25) is 0 Å². The van der Waals surface area contributed by atoms with Crippen LogP contribution in [0.3, 0.4) is 0 Å². The van der Waals surface area contributed by atoms with Crippen LogP contribution in [-0.4, -0.2) is 6.18 Å². The molecule has 50 valence electrons. The molecule has 0 fully saturated rings. The summed E-state index contributed by atoms with van der Waals surface area (Å²) in [5.41, 5.74) is 0.431. The van der Waals surface area contributed by atoms with Crippen molar-refractivity contribution < 1.29 is 13.2 Å². The highest BCUT2D eigenvalue weighted by Gasteiger charge is 2.21. The molecule has 0 aromatic carbocycles. The molecule has 8 heavy (non-hydrogen) atoms. The third kappa shape index (κ3) is 9.27. The van der Waals surface area contributed by atoms with E-state index >= 15 is 0 Å². The summed E-state index contributed by atoms with van der Waals surface area (Å²) >= 11 is 4.59. The van der Waals surface area contributed by atoms with Crippen LogP contribution in [0.15, 0.2) is 11.6 Å². The molecule has 0 N–H and O–H groups in total. The minimum atomic E-state index is -4.26. The molecule has 0 radical (unpaired) electrons. The second-order valence-corrected chi connectivity index (χ2v) is 1.09. The molecule has 0 rings (SSSR count). The lowest BCUT2D eigenvalue weighted by Gasteiger charge is -1.92. The van der Waals surface area contributed by atoms with Crippen LogP contribution >= 0.6 is 11.6 Å². The Morgan fingerprint density at radius 3 is 1.62 bits per heavy atom. The fourth-order valence-electron chi connectivity index (χ4n) is 0.0714. The van der Waals surface area contributed by atoms with Gasteiger partial charge in [-0.3, -0.25) is 0 Å². The van der Waals surface area contributed by atoms with Crippen molar-refractivity contribution in [3.8, 4) is 0 Å². The number of rotatable bonds is 0. The van der Waals surface area contributed by atoms with Crippen molar-refractivity contribution >= 4 is 11.6 Å². The van der Waals surface area contributed by atoms with E-state index in [9.17, 15) is 13.2 Å².